The van der Waals surface area contributed by atoms with Crippen LogP contribution in [0.5, 0.6) is 0 Å². The average Bonchev–Trinajstić information content (AvgIpc) is 2.67. The highest BCUT2D eigenvalue weighted by Gasteiger charge is 2.23. The van der Waals surface area contributed by atoms with Crippen LogP contribution in [0.25, 0.3) is 11.0 Å². The van der Waals surface area contributed by atoms with E-state index < -0.39 is 24.5 Å². The van der Waals surface area contributed by atoms with E-state index in [1.54, 1.807) is 24.4 Å². The van der Waals surface area contributed by atoms with Gasteiger partial charge in [0.2, 0.25) is 0 Å². The molecule has 2 aromatic rings. The second-order valence-electron chi connectivity index (χ2n) is 6.73. The average molecular weight is 370 g/mol. The molecule has 0 saturated heterocycles. The number of carbonyl (C=O) groups is 3. The van der Waals surface area contributed by atoms with E-state index in [1.807, 2.05) is 0 Å². The molecular weight excluding hydrogens is 348 g/mol. The van der Waals surface area contributed by atoms with Crippen LogP contribution in [0, 0.1) is 5.92 Å². The molecule has 1 fully saturated rings. The van der Waals surface area contributed by atoms with Gasteiger partial charge in [0.15, 0.2) is 6.61 Å². The minimum Gasteiger partial charge on any atom is -0.452 e. The molecule has 1 aliphatic carbocycles. The number of rotatable bonds is 4. The van der Waals surface area contributed by atoms with Crippen LogP contribution >= 0.6 is 0 Å². The predicted octanol–water partition coefficient (Wildman–Crippen LogP) is 2.19. The van der Waals surface area contributed by atoms with E-state index in [0.29, 0.717) is 17.0 Å². The number of amides is 3. The molecule has 27 heavy (non-hydrogen) atoms. The maximum absolute atomic E-state index is 12.1. The molecule has 1 heterocycles. The summed E-state index contributed by atoms with van der Waals surface area (Å²) in [6, 6.07) is 4.25. The Kier molecular flexibility index (Phi) is 5.95. The fourth-order valence-electron chi connectivity index (χ4n) is 3.20. The SMILES string of the molecule is C[C@H]1CCCC[C@H]1NC(=O)NC(=O)COC(=O)c1ccc2nccnc2c1. The summed E-state index contributed by atoms with van der Waals surface area (Å²) in [5.41, 5.74) is 1.47. The molecule has 1 saturated carbocycles. The van der Waals surface area contributed by atoms with Crippen LogP contribution in [0.2, 0.25) is 0 Å². The first-order valence-corrected chi connectivity index (χ1v) is 9.01. The van der Waals surface area contributed by atoms with E-state index in [0.717, 1.165) is 25.7 Å². The number of nitrogens with zero attached hydrogens (tertiary/aromatic N) is 2. The molecule has 8 heteroatoms. The molecule has 1 aliphatic rings. The van der Waals surface area contributed by atoms with Gasteiger partial charge >= 0.3 is 12.0 Å². The lowest BCUT2D eigenvalue weighted by Gasteiger charge is -2.29. The van der Waals surface area contributed by atoms with E-state index in [2.05, 4.69) is 27.5 Å². The minimum atomic E-state index is -0.676. The summed E-state index contributed by atoms with van der Waals surface area (Å²) in [7, 11) is 0. The summed E-state index contributed by atoms with van der Waals surface area (Å²) in [4.78, 5) is 44.1. The summed E-state index contributed by atoms with van der Waals surface area (Å²) >= 11 is 0. The van der Waals surface area contributed by atoms with E-state index in [4.69, 9.17) is 4.74 Å². The van der Waals surface area contributed by atoms with Crippen molar-refractivity contribution >= 4 is 28.9 Å². The third kappa shape index (κ3) is 4.99. The van der Waals surface area contributed by atoms with Gasteiger partial charge in [-0.1, -0.05) is 19.8 Å². The topological polar surface area (TPSA) is 110 Å². The first kappa shape index (κ1) is 18.8. The highest BCUT2D eigenvalue weighted by Crippen LogP contribution is 2.23. The highest BCUT2D eigenvalue weighted by molar-refractivity contribution is 5.98. The molecule has 1 aromatic heterocycles. The second-order valence-corrected chi connectivity index (χ2v) is 6.73. The number of urea groups is 1. The zero-order chi connectivity index (χ0) is 19.2. The van der Waals surface area contributed by atoms with E-state index in [-0.39, 0.29) is 11.6 Å². The molecule has 0 spiro atoms. The van der Waals surface area contributed by atoms with Crippen LogP contribution in [0.1, 0.15) is 43.0 Å². The number of hydrogen-bond donors (Lipinski definition) is 2. The van der Waals surface area contributed by atoms with Gasteiger partial charge in [-0.3, -0.25) is 20.1 Å². The molecule has 1 aromatic carbocycles. The predicted molar refractivity (Wildman–Crippen MR) is 97.9 cm³/mol. The van der Waals surface area contributed by atoms with Crippen LogP contribution in [-0.4, -0.2) is 40.5 Å². The molecule has 0 radical (unpaired) electrons. The van der Waals surface area contributed by atoms with Crippen molar-refractivity contribution in [2.45, 2.75) is 38.6 Å². The Morgan fingerprint density at radius 1 is 1.11 bits per heavy atom. The lowest BCUT2D eigenvalue weighted by atomic mass is 9.86. The maximum atomic E-state index is 12.1. The monoisotopic (exact) mass is 370 g/mol. The van der Waals surface area contributed by atoms with Gasteiger partial charge in [0.25, 0.3) is 5.91 Å². The zero-order valence-corrected chi connectivity index (χ0v) is 15.1. The number of aromatic nitrogens is 2. The number of ether oxygens (including phenoxy) is 1. The first-order chi connectivity index (χ1) is 13.0. The Morgan fingerprint density at radius 2 is 1.85 bits per heavy atom. The lowest BCUT2D eigenvalue weighted by molar-refractivity contribution is -0.123. The van der Waals surface area contributed by atoms with E-state index >= 15 is 0 Å². The minimum absolute atomic E-state index is 0.0628. The van der Waals surface area contributed by atoms with Gasteiger partial charge < -0.3 is 10.1 Å². The second kappa shape index (κ2) is 8.57. The Labute approximate surface area is 156 Å². The summed E-state index contributed by atoms with van der Waals surface area (Å²) in [5, 5.41) is 5.01. The van der Waals surface area contributed by atoms with Gasteiger partial charge in [0.05, 0.1) is 16.6 Å². The summed E-state index contributed by atoms with van der Waals surface area (Å²) in [6.45, 7) is 1.55. The van der Waals surface area contributed by atoms with Crippen molar-refractivity contribution in [3.05, 3.63) is 36.2 Å². The molecule has 2 N–H and O–H groups in total. The van der Waals surface area contributed by atoms with Crippen molar-refractivity contribution in [2.24, 2.45) is 5.92 Å². The van der Waals surface area contributed by atoms with Crippen molar-refractivity contribution < 1.29 is 19.1 Å². The number of fused-ring (bicyclic) bond motifs is 1. The molecule has 0 aliphatic heterocycles. The molecule has 0 bridgehead atoms. The maximum Gasteiger partial charge on any atom is 0.338 e. The highest BCUT2D eigenvalue weighted by atomic mass is 16.5. The quantitative estimate of drug-likeness (QED) is 0.798. The fourth-order valence-corrected chi connectivity index (χ4v) is 3.20. The van der Waals surface area contributed by atoms with Gasteiger partial charge in [-0.2, -0.15) is 0 Å². The number of nitrogens with one attached hydrogen (secondary N) is 2. The Hall–Kier alpha value is -3.03. The van der Waals surface area contributed by atoms with Crippen LogP contribution in [0.3, 0.4) is 0 Å². The standard InChI is InChI=1S/C19H22N4O4/c1-12-4-2-3-5-14(12)22-19(26)23-17(24)11-27-18(25)13-6-7-15-16(10-13)21-9-8-20-15/h6-10,12,14H,2-5,11H2,1H3,(H2,22,23,24,26)/t12-,14+/m0/s1. The molecule has 3 rings (SSSR count). The van der Waals surface area contributed by atoms with Gasteiger partial charge in [0.1, 0.15) is 0 Å². The Bertz CT molecular complexity index is 854. The van der Waals surface area contributed by atoms with Gasteiger partial charge in [0, 0.05) is 18.4 Å². The largest absolute Gasteiger partial charge is 0.452 e. The Balaban J connectivity index is 1.47. The molecular formula is C19H22N4O4. The number of esters is 1. The zero-order valence-electron chi connectivity index (χ0n) is 15.1. The summed E-state index contributed by atoms with van der Waals surface area (Å²) in [5.74, 6) is -0.961. The normalized spacial score (nSPS) is 19.3. The van der Waals surface area contributed by atoms with Crippen molar-refractivity contribution in [3.8, 4) is 0 Å². The number of imide groups is 1. The molecule has 0 unspecified atom stereocenters. The van der Waals surface area contributed by atoms with Crippen molar-refractivity contribution in [2.75, 3.05) is 6.61 Å². The first-order valence-electron chi connectivity index (χ1n) is 9.01. The molecule has 142 valence electrons. The summed E-state index contributed by atoms with van der Waals surface area (Å²) < 4.78 is 4.97. The van der Waals surface area contributed by atoms with Crippen LogP contribution in [0.4, 0.5) is 4.79 Å². The number of benzene rings is 1. The number of carbonyl (C=O) groups excluding carboxylic acids is 3. The molecule has 2 atom stereocenters. The fraction of sp³-hybridized carbons (Fsp3) is 0.421. The smallest absolute Gasteiger partial charge is 0.338 e. The van der Waals surface area contributed by atoms with Crippen LogP contribution < -0.4 is 10.6 Å². The van der Waals surface area contributed by atoms with Crippen LogP contribution in [0.15, 0.2) is 30.6 Å². The lowest BCUT2D eigenvalue weighted by Crippen LogP contribution is -2.48. The summed E-state index contributed by atoms with van der Waals surface area (Å²) in [6.07, 6.45) is 7.28. The molecule has 3 amide bonds. The van der Waals surface area contributed by atoms with Crippen LogP contribution in [-0.2, 0) is 9.53 Å². The van der Waals surface area contributed by atoms with Crippen molar-refractivity contribution in [1.82, 2.24) is 20.6 Å². The Morgan fingerprint density at radius 3 is 2.63 bits per heavy atom. The van der Waals surface area contributed by atoms with Gasteiger partial charge in [-0.05, 0) is 37.0 Å². The van der Waals surface area contributed by atoms with E-state index in [1.165, 1.54) is 6.20 Å². The third-order valence-corrected chi connectivity index (χ3v) is 4.72. The van der Waals surface area contributed by atoms with E-state index in [9.17, 15) is 14.4 Å². The van der Waals surface area contributed by atoms with Crippen molar-refractivity contribution in [3.63, 3.8) is 0 Å². The van der Waals surface area contributed by atoms with Gasteiger partial charge in [-0.15, -0.1) is 0 Å². The van der Waals surface area contributed by atoms with Crippen molar-refractivity contribution in [1.29, 1.82) is 0 Å². The number of hydrogen-bond acceptors (Lipinski definition) is 6. The molecule has 8 nitrogen and oxygen atoms in total. The van der Waals surface area contributed by atoms with Gasteiger partial charge in [-0.25, -0.2) is 9.59 Å². The third-order valence-electron chi connectivity index (χ3n) is 4.72.